The van der Waals surface area contributed by atoms with Crippen LogP contribution in [0, 0.1) is 0 Å². The van der Waals surface area contributed by atoms with Crippen LogP contribution in [0.15, 0.2) is 29.2 Å². The fourth-order valence-corrected chi connectivity index (χ4v) is 1.50. The van der Waals surface area contributed by atoms with Gasteiger partial charge in [0, 0.05) is 17.1 Å². The number of carbonyl (C=O) groups is 1. The van der Waals surface area contributed by atoms with E-state index < -0.39 is 0 Å². The van der Waals surface area contributed by atoms with Gasteiger partial charge in [-0.15, -0.1) is 11.8 Å². The molecule has 0 spiro atoms. The van der Waals surface area contributed by atoms with Gasteiger partial charge in [0.25, 0.3) is 0 Å². The van der Waals surface area contributed by atoms with E-state index in [1.807, 2.05) is 37.4 Å². The van der Waals surface area contributed by atoms with Gasteiger partial charge in [0.15, 0.2) is 0 Å². The highest BCUT2D eigenvalue weighted by atomic mass is 32.2. The van der Waals surface area contributed by atoms with Crippen LogP contribution in [0.5, 0.6) is 0 Å². The summed E-state index contributed by atoms with van der Waals surface area (Å²) in [5.74, 6) is 0. The molecule has 0 atom stereocenters. The molecule has 2 amide bonds. The number of nitrogens with one attached hydrogen (secondary N) is 2. The number of thioether (sulfide) groups is 1. The minimum Gasteiger partial charge on any atom is -0.338 e. The predicted octanol–water partition coefficient (Wildman–Crippen LogP) is 2.94. The number of benzene rings is 1. The molecule has 1 aromatic carbocycles. The van der Waals surface area contributed by atoms with Gasteiger partial charge in [0.2, 0.25) is 0 Å². The number of urea groups is 1. The lowest BCUT2D eigenvalue weighted by molar-refractivity contribution is 0.252. The van der Waals surface area contributed by atoms with Gasteiger partial charge in [0.05, 0.1) is 0 Å². The predicted molar refractivity (Wildman–Crippen MR) is 65.5 cm³/mol. The van der Waals surface area contributed by atoms with Crippen LogP contribution in [0.3, 0.4) is 0 Å². The Hall–Kier alpha value is -1.16. The van der Waals surface area contributed by atoms with Crippen molar-refractivity contribution in [3.05, 3.63) is 24.3 Å². The molecule has 0 aromatic heterocycles. The molecule has 1 aromatic rings. The van der Waals surface area contributed by atoms with Gasteiger partial charge in [-0.3, -0.25) is 0 Å². The minimum absolute atomic E-state index is 0.145. The van der Waals surface area contributed by atoms with Crippen molar-refractivity contribution in [3.8, 4) is 0 Å². The quantitative estimate of drug-likeness (QED) is 0.772. The SMILES string of the molecule is CCCNC(=O)Nc1ccc(SC)cc1. The van der Waals surface area contributed by atoms with Crippen molar-refractivity contribution in [2.24, 2.45) is 0 Å². The van der Waals surface area contributed by atoms with Gasteiger partial charge in [0.1, 0.15) is 0 Å². The average molecular weight is 224 g/mol. The monoisotopic (exact) mass is 224 g/mol. The molecule has 82 valence electrons. The Balaban J connectivity index is 2.46. The zero-order chi connectivity index (χ0) is 11.1. The van der Waals surface area contributed by atoms with E-state index in [4.69, 9.17) is 0 Å². The first-order valence-electron chi connectivity index (χ1n) is 4.95. The zero-order valence-electron chi connectivity index (χ0n) is 9.04. The first-order valence-corrected chi connectivity index (χ1v) is 6.17. The fourth-order valence-electron chi connectivity index (χ4n) is 1.09. The molecule has 0 bridgehead atoms. The second-order valence-corrected chi connectivity index (χ2v) is 3.99. The maximum Gasteiger partial charge on any atom is 0.319 e. The standard InChI is InChI=1S/C11H16N2OS/c1-3-8-12-11(14)13-9-4-6-10(15-2)7-5-9/h4-7H,3,8H2,1-2H3,(H2,12,13,14). The van der Waals surface area contributed by atoms with E-state index in [-0.39, 0.29) is 6.03 Å². The van der Waals surface area contributed by atoms with E-state index in [0.717, 1.165) is 12.1 Å². The van der Waals surface area contributed by atoms with Gasteiger partial charge in [-0.25, -0.2) is 4.79 Å². The number of hydrogen-bond acceptors (Lipinski definition) is 2. The molecule has 0 aliphatic carbocycles. The number of rotatable bonds is 4. The van der Waals surface area contributed by atoms with E-state index >= 15 is 0 Å². The Morgan fingerprint density at radius 1 is 1.33 bits per heavy atom. The molecule has 3 nitrogen and oxygen atoms in total. The normalized spacial score (nSPS) is 9.73. The summed E-state index contributed by atoms with van der Waals surface area (Å²) in [5.41, 5.74) is 0.821. The third-order valence-corrected chi connectivity index (χ3v) is 2.63. The molecule has 1 rings (SSSR count). The van der Waals surface area contributed by atoms with Crippen LogP contribution in [0.2, 0.25) is 0 Å². The summed E-state index contributed by atoms with van der Waals surface area (Å²) < 4.78 is 0. The maximum absolute atomic E-state index is 11.3. The highest BCUT2D eigenvalue weighted by molar-refractivity contribution is 7.98. The van der Waals surface area contributed by atoms with Crippen LogP contribution < -0.4 is 10.6 Å². The fraction of sp³-hybridized carbons (Fsp3) is 0.364. The molecule has 0 saturated carbocycles. The summed E-state index contributed by atoms with van der Waals surface area (Å²) in [7, 11) is 0. The summed E-state index contributed by atoms with van der Waals surface area (Å²) in [6.45, 7) is 2.72. The molecule has 2 N–H and O–H groups in total. The lowest BCUT2D eigenvalue weighted by Crippen LogP contribution is -2.29. The maximum atomic E-state index is 11.3. The summed E-state index contributed by atoms with van der Waals surface area (Å²) in [6.07, 6.45) is 2.97. The third kappa shape index (κ3) is 4.25. The van der Waals surface area contributed by atoms with E-state index in [0.29, 0.717) is 6.54 Å². The van der Waals surface area contributed by atoms with Crippen molar-refractivity contribution < 1.29 is 4.79 Å². The molecule has 0 heterocycles. The first-order chi connectivity index (χ1) is 7.26. The Morgan fingerprint density at radius 2 is 2.00 bits per heavy atom. The van der Waals surface area contributed by atoms with E-state index in [2.05, 4.69) is 10.6 Å². The van der Waals surface area contributed by atoms with Crippen LogP contribution in [-0.4, -0.2) is 18.8 Å². The minimum atomic E-state index is -0.145. The van der Waals surface area contributed by atoms with Crippen molar-refractivity contribution in [2.45, 2.75) is 18.2 Å². The Bertz CT molecular complexity index is 311. The van der Waals surface area contributed by atoms with Crippen molar-refractivity contribution >= 4 is 23.5 Å². The molecular formula is C11H16N2OS. The largest absolute Gasteiger partial charge is 0.338 e. The summed E-state index contributed by atoms with van der Waals surface area (Å²) in [5, 5.41) is 5.52. The molecule has 15 heavy (non-hydrogen) atoms. The van der Waals surface area contributed by atoms with Gasteiger partial charge < -0.3 is 10.6 Å². The topological polar surface area (TPSA) is 41.1 Å². The van der Waals surface area contributed by atoms with Crippen molar-refractivity contribution in [3.63, 3.8) is 0 Å². The van der Waals surface area contributed by atoms with Crippen LogP contribution >= 0.6 is 11.8 Å². The number of anilines is 1. The molecule has 0 aliphatic heterocycles. The van der Waals surface area contributed by atoms with Crippen molar-refractivity contribution in [2.75, 3.05) is 18.1 Å². The second-order valence-electron chi connectivity index (χ2n) is 3.11. The zero-order valence-corrected chi connectivity index (χ0v) is 9.86. The Labute approximate surface area is 94.6 Å². The van der Waals surface area contributed by atoms with E-state index in [1.165, 1.54) is 4.90 Å². The van der Waals surface area contributed by atoms with Crippen LogP contribution in [0.25, 0.3) is 0 Å². The Kier molecular flexibility index (Phi) is 5.04. The summed E-state index contributed by atoms with van der Waals surface area (Å²) >= 11 is 1.68. The van der Waals surface area contributed by atoms with E-state index in [1.54, 1.807) is 11.8 Å². The first kappa shape index (κ1) is 11.9. The van der Waals surface area contributed by atoms with Crippen LogP contribution in [0.4, 0.5) is 10.5 Å². The van der Waals surface area contributed by atoms with Gasteiger partial charge in [-0.2, -0.15) is 0 Å². The van der Waals surface area contributed by atoms with Crippen molar-refractivity contribution in [1.29, 1.82) is 0 Å². The highest BCUT2D eigenvalue weighted by Gasteiger charge is 1.99. The summed E-state index contributed by atoms with van der Waals surface area (Å²) in [6, 6.07) is 7.63. The van der Waals surface area contributed by atoms with E-state index in [9.17, 15) is 4.79 Å². The molecule has 0 fully saturated rings. The third-order valence-electron chi connectivity index (χ3n) is 1.88. The van der Waals surface area contributed by atoms with Gasteiger partial charge in [-0.1, -0.05) is 6.92 Å². The average Bonchev–Trinajstić information content (AvgIpc) is 2.27. The molecule has 4 heteroatoms. The molecule has 0 unspecified atom stereocenters. The molecule has 0 saturated heterocycles. The number of carbonyl (C=O) groups excluding carboxylic acids is 1. The molecule has 0 radical (unpaired) electrons. The lowest BCUT2D eigenvalue weighted by Gasteiger charge is -2.06. The van der Waals surface area contributed by atoms with Gasteiger partial charge >= 0.3 is 6.03 Å². The smallest absolute Gasteiger partial charge is 0.319 e. The Morgan fingerprint density at radius 3 is 2.53 bits per heavy atom. The van der Waals surface area contributed by atoms with Gasteiger partial charge in [-0.05, 0) is 36.9 Å². The van der Waals surface area contributed by atoms with Crippen molar-refractivity contribution in [1.82, 2.24) is 5.32 Å². The van der Waals surface area contributed by atoms with Crippen LogP contribution in [0.1, 0.15) is 13.3 Å². The number of hydrogen-bond donors (Lipinski definition) is 2. The highest BCUT2D eigenvalue weighted by Crippen LogP contribution is 2.17. The van der Waals surface area contributed by atoms with Crippen LogP contribution in [-0.2, 0) is 0 Å². The molecular weight excluding hydrogens is 208 g/mol. The number of amides is 2. The molecule has 0 aliphatic rings. The summed E-state index contributed by atoms with van der Waals surface area (Å²) in [4.78, 5) is 12.5. The second kappa shape index (κ2) is 6.35. The lowest BCUT2D eigenvalue weighted by atomic mass is 10.3.